The van der Waals surface area contributed by atoms with Crippen LogP contribution >= 0.6 is 12.4 Å². The van der Waals surface area contributed by atoms with Crippen molar-refractivity contribution in [3.05, 3.63) is 40.4 Å². The van der Waals surface area contributed by atoms with Gasteiger partial charge in [0.1, 0.15) is 18.0 Å². The summed E-state index contributed by atoms with van der Waals surface area (Å²) in [6.07, 6.45) is -0.367. The summed E-state index contributed by atoms with van der Waals surface area (Å²) in [4.78, 5) is 15.0. The lowest BCUT2D eigenvalue weighted by molar-refractivity contribution is -0.769. The minimum atomic E-state index is -0.790. The van der Waals surface area contributed by atoms with Crippen LogP contribution in [0.15, 0.2) is 30.3 Å². The Morgan fingerprint density at radius 2 is 1.96 bits per heavy atom. The van der Waals surface area contributed by atoms with Gasteiger partial charge >= 0.3 is 0 Å². The van der Waals surface area contributed by atoms with Gasteiger partial charge in [0.15, 0.2) is 6.10 Å². The zero-order chi connectivity index (χ0) is 16.1. The summed E-state index contributed by atoms with van der Waals surface area (Å²) in [7, 11) is 0. The topological polar surface area (TPSA) is 92.1 Å². The molecule has 4 atom stereocenters. The van der Waals surface area contributed by atoms with Crippen LogP contribution in [0.2, 0.25) is 0 Å². The molecule has 24 heavy (non-hydrogen) atoms. The van der Waals surface area contributed by atoms with Crippen molar-refractivity contribution in [2.45, 2.75) is 30.8 Å². The number of para-hydroxylation sites is 1. The Bertz CT molecular complexity index is 520. The number of hydrogen-bond acceptors (Lipinski definition) is 7. The first-order chi connectivity index (χ1) is 11.2. The number of nitrogens with zero attached hydrogens (tertiary/aromatic N) is 1. The molecule has 3 rings (SSSR count). The Labute approximate surface area is 145 Å². The van der Waals surface area contributed by atoms with E-state index in [1.54, 1.807) is 0 Å². The smallest absolute Gasteiger partial charge is 0.294 e. The van der Waals surface area contributed by atoms with Crippen molar-refractivity contribution in [1.82, 2.24) is 5.32 Å². The van der Waals surface area contributed by atoms with Crippen LogP contribution in [-0.2, 0) is 14.3 Å². The second-order valence-electron chi connectivity index (χ2n) is 5.54. The Morgan fingerprint density at radius 1 is 1.21 bits per heavy atom. The minimum Gasteiger partial charge on any atom is -0.494 e. The average Bonchev–Trinajstić information content (AvgIpc) is 3.11. The predicted octanol–water partition coefficient (Wildman–Crippen LogP) is 1.21. The molecule has 0 aliphatic carbocycles. The second-order valence-corrected chi connectivity index (χ2v) is 5.54. The molecule has 2 heterocycles. The van der Waals surface area contributed by atoms with Crippen LogP contribution in [0.3, 0.4) is 0 Å². The normalized spacial score (nSPS) is 28.0. The SMILES string of the molecule is Cl.O=[N+]([O-])O[C@H]1CO[C@H]2[C@@H]1OC[C@@H]2NCCCOc1ccccc1. The van der Waals surface area contributed by atoms with Gasteiger partial charge in [-0.05, 0) is 25.1 Å². The van der Waals surface area contributed by atoms with Crippen molar-refractivity contribution in [3.63, 3.8) is 0 Å². The molecule has 0 unspecified atom stereocenters. The molecule has 9 heteroatoms. The highest BCUT2D eigenvalue weighted by Crippen LogP contribution is 2.28. The predicted molar refractivity (Wildman–Crippen MR) is 86.9 cm³/mol. The van der Waals surface area contributed by atoms with E-state index in [0.29, 0.717) is 13.2 Å². The van der Waals surface area contributed by atoms with E-state index < -0.39 is 11.2 Å². The van der Waals surface area contributed by atoms with Gasteiger partial charge in [0.2, 0.25) is 0 Å². The van der Waals surface area contributed by atoms with Crippen molar-refractivity contribution in [3.8, 4) is 5.75 Å². The van der Waals surface area contributed by atoms with Gasteiger partial charge in [-0.1, -0.05) is 18.2 Å². The molecule has 1 aromatic carbocycles. The first-order valence-electron chi connectivity index (χ1n) is 7.69. The van der Waals surface area contributed by atoms with Crippen LogP contribution in [0.1, 0.15) is 6.42 Å². The lowest BCUT2D eigenvalue weighted by atomic mass is 10.1. The minimum absolute atomic E-state index is 0. The van der Waals surface area contributed by atoms with Gasteiger partial charge in [0, 0.05) is 0 Å². The molecular weight excluding hydrogens is 340 g/mol. The molecule has 0 aromatic heterocycles. The summed E-state index contributed by atoms with van der Waals surface area (Å²) >= 11 is 0. The van der Waals surface area contributed by atoms with Gasteiger partial charge in [-0.25, -0.2) is 0 Å². The van der Waals surface area contributed by atoms with Crippen LogP contribution < -0.4 is 10.1 Å². The van der Waals surface area contributed by atoms with E-state index >= 15 is 0 Å². The highest BCUT2D eigenvalue weighted by atomic mass is 35.5. The summed E-state index contributed by atoms with van der Waals surface area (Å²) in [5.41, 5.74) is 0. The zero-order valence-electron chi connectivity index (χ0n) is 13.0. The van der Waals surface area contributed by atoms with Crippen molar-refractivity contribution in [1.29, 1.82) is 0 Å². The quantitative estimate of drug-likeness (QED) is 0.423. The molecule has 0 saturated carbocycles. The van der Waals surface area contributed by atoms with Crippen LogP contribution in [-0.4, -0.2) is 55.8 Å². The lowest BCUT2D eigenvalue weighted by Crippen LogP contribution is -2.42. The highest BCUT2D eigenvalue weighted by Gasteiger charge is 2.49. The molecule has 0 amide bonds. The van der Waals surface area contributed by atoms with Gasteiger partial charge in [-0.2, -0.15) is 0 Å². The van der Waals surface area contributed by atoms with Gasteiger partial charge < -0.3 is 24.4 Å². The first kappa shape index (κ1) is 18.7. The molecule has 2 aliphatic rings. The Morgan fingerprint density at radius 3 is 2.71 bits per heavy atom. The third-order valence-electron chi connectivity index (χ3n) is 3.97. The molecule has 1 aromatic rings. The van der Waals surface area contributed by atoms with E-state index in [9.17, 15) is 10.1 Å². The Kier molecular flexibility index (Phi) is 7.04. The molecule has 0 bridgehead atoms. The number of ether oxygens (including phenoxy) is 3. The first-order valence-corrected chi connectivity index (χ1v) is 7.69. The number of fused-ring (bicyclic) bond motifs is 1. The van der Waals surface area contributed by atoms with E-state index in [0.717, 1.165) is 18.7 Å². The van der Waals surface area contributed by atoms with Crippen LogP contribution in [0.4, 0.5) is 0 Å². The highest BCUT2D eigenvalue weighted by molar-refractivity contribution is 5.85. The van der Waals surface area contributed by atoms with E-state index in [-0.39, 0.29) is 37.3 Å². The lowest BCUT2D eigenvalue weighted by Gasteiger charge is -2.17. The molecule has 2 saturated heterocycles. The molecule has 2 fully saturated rings. The van der Waals surface area contributed by atoms with Crippen molar-refractivity contribution in [2.75, 3.05) is 26.4 Å². The van der Waals surface area contributed by atoms with Crippen molar-refractivity contribution >= 4 is 12.4 Å². The summed E-state index contributed by atoms with van der Waals surface area (Å²) in [6, 6.07) is 9.68. The second kappa shape index (κ2) is 9.03. The molecule has 8 nitrogen and oxygen atoms in total. The summed E-state index contributed by atoms with van der Waals surface area (Å²) in [6.45, 7) is 2.03. The van der Waals surface area contributed by atoms with E-state index in [2.05, 4.69) is 10.2 Å². The number of nitrogens with one attached hydrogen (secondary N) is 1. The average molecular weight is 361 g/mol. The fourth-order valence-corrected chi connectivity index (χ4v) is 2.91. The van der Waals surface area contributed by atoms with Gasteiger partial charge in [-0.15, -0.1) is 22.5 Å². The fraction of sp³-hybridized carbons (Fsp3) is 0.600. The largest absolute Gasteiger partial charge is 0.494 e. The van der Waals surface area contributed by atoms with Gasteiger partial charge in [-0.3, -0.25) is 0 Å². The maximum Gasteiger partial charge on any atom is 0.294 e. The summed E-state index contributed by atoms with van der Waals surface area (Å²) < 4.78 is 16.8. The van der Waals surface area contributed by atoms with Crippen molar-refractivity contribution in [2.24, 2.45) is 0 Å². The number of benzene rings is 1. The molecule has 2 aliphatic heterocycles. The molecule has 0 spiro atoms. The Hall–Kier alpha value is -1.61. The zero-order valence-corrected chi connectivity index (χ0v) is 13.9. The van der Waals surface area contributed by atoms with Crippen LogP contribution in [0.5, 0.6) is 5.75 Å². The third-order valence-corrected chi connectivity index (χ3v) is 3.97. The van der Waals surface area contributed by atoms with Crippen LogP contribution in [0.25, 0.3) is 0 Å². The standard InChI is InChI=1S/C15H20N2O6.ClH/c18-17(19)23-13-10-22-14-12(9-21-15(13)14)16-7-4-8-20-11-5-2-1-3-6-11;/h1-3,5-6,12-16H,4,7-10H2;1H/t12-,13-,14+,15+;/m0./s1. The molecule has 134 valence electrons. The summed E-state index contributed by atoms with van der Waals surface area (Å²) in [5.74, 6) is 0.857. The number of rotatable bonds is 8. The Balaban J connectivity index is 0.00000208. The molecule has 1 N–H and O–H groups in total. The van der Waals surface area contributed by atoms with Gasteiger partial charge in [0.05, 0.1) is 25.9 Å². The molecule has 0 radical (unpaired) electrons. The van der Waals surface area contributed by atoms with E-state index in [1.807, 2.05) is 30.3 Å². The van der Waals surface area contributed by atoms with E-state index in [4.69, 9.17) is 14.2 Å². The molecular formula is C15H21ClN2O6. The van der Waals surface area contributed by atoms with Crippen LogP contribution in [0, 0.1) is 10.1 Å². The maximum absolute atomic E-state index is 10.4. The van der Waals surface area contributed by atoms with Crippen molar-refractivity contribution < 1.29 is 24.1 Å². The van der Waals surface area contributed by atoms with Gasteiger partial charge in [0.25, 0.3) is 5.09 Å². The monoisotopic (exact) mass is 360 g/mol. The number of halogens is 1. The number of hydrogen-bond donors (Lipinski definition) is 1. The third kappa shape index (κ3) is 4.70. The van der Waals surface area contributed by atoms with E-state index in [1.165, 1.54) is 0 Å². The fourth-order valence-electron chi connectivity index (χ4n) is 2.91. The maximum atomic E-state index is 10.4. The summed E-state index contributed by atoms with van der Waals surface area (Å²) in [5, 5.41) is 13.0.